The van der Waals surface area contributed by atoms with Crippen LogP contribution in [0.25, 0.3) is 0 Å². The Morgan fingerprint density at radius 1 is 1.24 bits per heavy atom. The molecule has 7 heteroatoms. The summed E-state index contributed by atoms with van der Waals surface area (Å²) in [4.78, 5) is 24.9. The molecule has 1 heterocycles. The molecule has 0 aromatic heterocycles. The lowest BCUT2D eigenvalue weighted by molar-refractivity contribution is -0.167. The van der Waals surface area contributed by atoms with Crippen LogP contribution in [-0.4, -0.2) is 59.6 Å². The zero-order valence-electron chi connectivity index (χ0n) is 14.8. The van der Waals surface area contributed by atoms with Crippen molar-refractivity contribution in [3.63, 3.8) is 0 Å². The fourth-order valence-electron chi connectivity index (χ4n) is 2.43. The normalized spacial score (nSPS) is 21.0. The molecule has 2 rings (SSSR count). The van der Waals surface area contributed by atoms with Crippen molar-refractivity contribution < 1.29 is 28.9 Å². The number of hydrogen-bond acceptors (Lipinski definition) is 5. The Bertz CT molecular complexity index is 583. The van der Waals surface area contributed by atoms with E-state index in [9.17, 15) is 14.7 Å². The van der Waals surface area contributed by atoms with E-state index in [0.29, 0.717) is 6.61 Å². The van der Waals surface area contributed by atoms with Crippen molar-refractivity contribution in [3.05, 3.63) is 35.9 Å². The lowest BCUT2D eigenvalue weighted by Crippen LogP contribution is -2.54. The predicted octanol–water partition coefficient (Wildman–Crippen LogP) is 2.29. The first-order chi connectivity index (χ1) is 11.7. The van der Waals surface area contributed by atoms with E-state index in [-0.39, 0.29) is 19.7 Å². The predicted molar refractivity (Wildman–Crippen MR) is 90.2 cm³/mol. The van der Waals surface area contributed by atoms with Crippen LogP contribution < -0.4 is 0 Å². The molecule has 1 aliphatic heterocycles. The van der Waals surface area contributed by atoms with E-state index >= 15 is 0 Å². The van der Waals surface area contributed by atoms with Crippen molar-refractivity contribution >= 4 is 12.1 Å². The third kappa shape index (κ3) is 6.36. The van der Waals surface area contributed by atoms with E-state index in [1.807, 2.05) is 30.3 Å². The molecule has 1 saturated heterocycles. The van der Waals surface area contributed by atoms with Crippen molar-refractivity contribution in [1.82, 2.24) is 4.90 Å². The number of aliphatic carboxylic acids is 1. The van der Waals surface area contributed by atoms with Gasteiger partial charge >= 0.3 is 12.1 Å². The maximum atomic E-state index is 12.2. The van der Waals surface area contributed by atoms with Gasteiger partial charge in [-0.1, -0.05) is 30.3 Å². The van der Waals surface area contributed by atoms with E-state index in [1.54, 1.807) is 20.8 Å². The van der Waals surface area contributed by atoms with E-state index in [1.165, 1.54) is 4.90 Å². The van der Waals surface area contributed by atoms with Crippen LogP contribution in [0.2, 0.25) is 0 Å². The SMILES string of the molecule is CC(C)(C)OC(=O)N1C[C@@H](COCc2ccccc2)O[C@@H](C(=O)O)C1. The molecule has 0 spiro atoms. The van der Waals surface area contributed by atoms with Gasteiger partial charge in [-0.25, -0.2) is 9.59 Å². The second kappa shape index (κ2) is 8.31. The summed E-state index contributed by atoms with van der Waals surface area (Å²) in [5, 5.41) is 9.25. The Balaban J connectivity index is 1.92. The Labute approximate surface area is 147 Å². The smallest absolute Gasteiger partial charge is 0.410 e. The quantitative estimate of drug-likeness (QED) is 0.876. The van der Waals surface area contributed by atoms with Crippen LogP contribution in [-0.2, 0) is 25.6 Å². The summed E-state index contributed by atoms with van der Waals surface area (Å²) >= 11 is 0. The van der Waals surface area contributed by atoms with Crippen LogP contribution in [0.1, 0.15) is 26.3 Å². The maximum Gasteiger partial charge on any atom is 0.410 e. The summed E-state index contributed by atoms with van der Waals surface area (Å²) in [7, 11) is 0. The molecule has 2 atom stereocenters. The standard InChI is InChI=1S/C18H25NO6/c1-18(2,3)25-17(22)19-9-14(24-15(10-19)16(20)21)12-23-11-13-7-5-4-6-8-13/h4-8,14-15H,9-12H2,1-3H3,(H,20,21)/t14-,15+/m0/s1. The molecule has 25 heavy (non-hydrogen) atoms. The number of amides is 1. The molecule has 1 fully saturated rings. The largest absolute Gasteiger partial charge is 0.479 e. The van der Waals surface area contributed by atoms with Crippen molar-refractivity contribution in [2.45, 2.75) is 45.2 Å². The van der Waals surface area contributed by atoms with Gasteiger partial charge in [0.25, 0.3) is 0 Å². The number of carbonyl (C=O) groups excluding carboxylic acids is 1. The summed E-state index contributed by atoms with van der Waals surface area (Å²) in [6.45, 7) is 6.07. The molecule has 1 N–H and O–H groups in total. The highest BCUT2D eigenvalue weighted by molar-refractivity contribution is 5.75. The van der Waals surface area contributed by atoms with Gasteiger partial charge in [-0.05, 0) is 26.3 Å². The Hall–Kier alpha value is -2.12. The summed E-state index contributed by atoms with van der Waals surface area (Å²) in [5.41, 5.74) is 0.366. The van der Waals surface area contributed by atoms with Crippen LogP contribution in [0.3, 0.4) is 0 Å². The molecule has 0 bridgehead atoms. The minimum absolute atomic E-state index is 0.0422. The van der Waals surface area contributed by atoms with Crippen molar-refractivity contribution in [3.8, 4) is 0 Å². The number of rotatable bonds is 5. The first kappa shape index (κ1) is 19.2. The molecule has 0 radical (unpaired) electrons. The average molecular weight is 351 g/mol. The second-order valence-electron chi connectivity index (χ2n) is 6.97. The molecular weight excluding hydrogens is 326 g/mol. The first-order valence-corrected chi connectivity index (χ1v) is 8.22. The number of nitrogens with zero attached hydrogens (tertiary/aromatic N) is 1. The number of benzene rings is 1. The van der Waals surface area contributed by atoms with Crippen LogP contribution in [0.5, 0.6) is 0 Å². The lowest BCUT2D eigenvalue weighted by Gasteiger charge is -2.37. The fraction of sp³-hybridized carbons (Fsp3) is 0.556. The molecule has 1 aromatic carbocycles. The van der Waals surface area contributed by atoms with Gasteiger partial charge in [0.1, 0.15) is 5.60 Å². The molecular formula is C18H25NO6. The molecule has 7 nitrogen and oxygen atoms in total. The van der Waals surface area contributed by atoms with Crippen LogP contribution in [0, 0.1) is 0 Å². The van der Waals surface area contributed by atoms with Crippen LogP contribution in [0.4, 0.5) is 4.79 Å². The highest BCUT2D eigenvalue weighted by Gasteiger charge is 2.36. The minimum atomic E-state index is -1.11. The zero-order chi connectivity index (χ0) is 18.4. The van der Waals surface area contributed by atoms with Crippen molar-refractivity contribution in [2.75, 3.05) is 19.7 Å². The molecule has 0 unspecified atom stereocenters. The number of carbonyl (C=O) groups is 2. The van der Waals surface area contributed by atoms with E-state index in [0.717, 1.165) is 5.56 Å². The number of ether oxygens (including phenoxy) is 3. The van der Waals surface area contributed by atoms with Crippen LogP contribution >= 0.6 is 0 Å². The molecule has 1 amide bonds. The van der Waals surface area contributed by atoms with E-state index in [4.69, 9.17) is 14.2 Å². The number of carboxylic acids is 1. The fourth-order valence-corrected chi connectivity index (χ4v) is 2.43. The van der Waals surface area contributed by atoms with E-state index < -0.39 is 29.9 Å². The minimum Gasteiger partial charge on any atom is -0.479 e. The van der Waals surface area contributed by atoms with Crippen molar-refractivity contribution in [1.29, 1.82) is 0 Å². The Morgan fingerprint density at radius 3 is 2.52 bits per heavy atom. The Morgan fingerprint density at radius 2 is 1.92 bits per heavy atom. The monoisotopic (exact) mass is 351 g/mol. The molecule has 0 saturated carbocycles. The molecule has 1 aliphatic rings. The lowest BCUT2D eigenvalue weighted by atomic mass is 10.2. The van der Waals surface area contributed by atoms with Gasteiger partial charge in [-0.3, -0.25) is 0 Å². The maximum absolute atomic E-state index is 12.2. The average Bonchev–Trinajstić information content (AvgIpc) is 2.54. The van der Waals surface area contributed by atoms with Gasteiger partial charge in [-0.15, -0.1) is 0 Å². The second-order valence-corrected chi connectivity index (χ2v) is 6.97. The number of morpholine rings is 1. The van der Waals surface area contributed by atoms with E-state index in [2.05, 4.69) is 0 Å². The molecule has 1 aromatic rings. The first-order valence-electron chi connectivity index (χ1n) is 8.22. The number of carboxylic acid groups (broad SMARTS) is 1. The third-order valence-corrected chi connectivity index (χ3v) is 3.51. The summed E-state index contributed by atoms with van der Waals surface area (Å²) in [6, 6.07) is 9.63. The highest BCUT2D eigenvalue weighted by Crippen LogP contribution is 2.17. The summed E-state index contributed by atoms with van der Waals surface area (Å²) in [6.07, 6.45) is -2.16. The van der Waals surface area contributed by atoms with Gasteiger partial charge in [0.05, 0.1) is 32.4 Å². The van der Waals surface area contributed by atoms with Crippen LogP contribution in [0.15, 0.2) is 30.3 Å². The number of hydrogen-bond donors (Lipinski definition) is 1. The summed E-state index contributed by atoms with van der Waals surface area (Å²) in [5.74, 6) is -1.11. The van der Waals surface area contributed by atoms with Gasteiger partial charge in [0, 0.05) is 0 Å². The van der Waals surface area contributed by atoms with Crippen molar-refractivity contribution in [2.24, 2.45) is 0 Å². The topological polar surface area (TPSA) is 85.3 Å². The van der Waals surface area contributed by atoms with Gasteiger partial charge in [-0.2, -0.15) is 0 Å². The molecule has 138 valence electrons. The molecule has 0 aliphatic carbocycles. The Kier molecular flexibility index (Phi) is 6.39. The van der Waals surface area contributed by atoms with Gasteiger partial charge in [0.2, 0.25) is 0 Å². The highest BCUT2D eigenvalue weighted by atomic mass is 16.6. The zero-order valence-corrected chi connectivity index (χ0v) is 14.8. The van der Waals surface area contributed by atoms with Gasteiger partial charge in [0.15, 0.2) is 6.10 Å². The third-order valence-electron chi connectivity index (χ3n) is 3.51. The summed E-state index contributed by atoms with van der Waals surface area (Å²) < 4.78 is 16.5. The van der Waals surface area contributed by atoms with Gasteiger partial charge < -0.3 is 24.2 Å².